The fourth-order valence-electron chi connectivity index (χ4n) is 6.68. The maximum absolute atomic E-state index is 13.9. The van der Waals surface area contributed by atoms with Gasteiger partial charge >= 0.3 is 0 Å². The van der Waals surface area contributed by atoms with Crippen molar-refractivity contribution < 1.29 is 18.4 Å². The van der Waals surface area contributed by atoms with E-state index in [2.05, 4.69) is 6.92 Å². The van der Waals surface area contributed by atoms with Gasteiger partial charge in [0.05, 0.1) is 5.41 Å². The van der Waals surface area contributed by atoms with Crippen LogP contribution in [0, 0.1) is 34.5 Å². The molecule has 4 fully saturated rings. The SMILES string of the molecule is C[C@@]12C(=O)CC[C@H]1[C@@H]1CC[C@H]3CC(F)(F)CC[C@]3(C)[C@H]1CC2=O. The molecule has 0 aromatic heterocycles. The van der Waals surface area contributed by atoms with Crippen molar-refractivity contribution in [3.05, 3.63) is 0 Å². The molecule has 0 aliphatic heterocycles. The average molecular weight is 324 g/mol. The van der Waals surface area contributed by atoms with Crippen LogP contribution in [0.4, 0.5) is 8.78 Å². The Hall–Kier alpha value is -0.800. The number of Topliss-reactive ketones (excluding diaryl/α,β-unsaturated/α-hetero) is 2. The Morgan fingerprint density at radius 1 is 0.957 bits per heavy atom. The van der Waals surface area contributed by atoms with Crippen LogP contribution >= 0.6 is 0 Å². The van der Waals surface area contributed by atoms with Crippen molar-refractivity contribution in [3.8, 4) is 0 Å². The molecule has 0 heterocycles. The van der Waals surface area contributed by atoms with E-state index in [1.54, 1.807) is 0 Å². The van der Waals surface area contributed by atoms with Gasteiger partial charge in [0, 0.05) is 25.7 Å². The Balaban J connectivity index is 1.68. The number of fused-ring (bicyclic) bond motifs is 5. The Morgan fingerprint density at radius 3 is 2.43 bits per heavy atom. The third-order valence-electron chi connectivity index (χ3n) is 8.22. The first-order valence-corrected chi connectivity index (χ1v) is 9.13. The minimum atomic E-state index is -2.53. The highest BCUT2D eigenvalue weighted by molar-refractivity contribution is 6.09. The van der Waals surface area contributed by atoms with Crippen molar-refractivity contribution in [1.29, 1.82) is 0 Å². The molecule has 2 nitrogen and oxygen atoms in total. The van der Waals surface area contributed by atoms with Crippen LogP contribution in [0.2, 0.25) is 0 Å². The second kappa shape index (κ2) is 4.64. The van der Waals surface area contributed by atoms with E-state index in [9.17, 15) is 18.4 Å². The zero-order chi connectivity index (χ0) is 16.6. The molecule has 0 bridgehead atoms. The molecule has 23 heavy (non-hydrogen) atoms. The molecular formula is C19H26F2O2. The van der Waals surface area contributed by atoms with E-state index >= 15 is 0 Å². The highest BCUT2D eigenvalue weighted by Gasteiger charge is 2.64. The van der Waals surface area contributed by atoms with Gasteiger partial charge in [-0.05, 0) is 61.7 Å². The second-order valence-electron chi connectivity index (χ2n) is 9.01. The van der Waals surface area contributed by atoms with E-state index in [4.69, 9.17) is 0 Å². The molecule has 0 saturated heterocycles. The van der Waals surface area contributed by atoms with Crippen LogP contribution in [0.1, 0.15) is 65.2 Å². The standard InChI is InChI=1S/C19H26F2O2/c1-17-7-8-19(20,21)10-11(17)3-4-12-13-5-6-15(22)18(13,2)16(23)9-14(12)17/h11-14H,3-10H2,1-2H3/t11-,12-,13-,14-,17-,18-/m0/s1. The topological polar surface area (TPSA) is 34.1 Å². The lowest BCUT2D eigenvalue weighted by Gasteiger charge is -2.59. The smallest absolute Gasteiger partial charge is 0.248 e. The average Bonchev–Trinajstić information content (AvgIpc) is 2.79. The minimum absolute atomic E-state index is 0.0121. The minimum Gasteiger partial charge on any atom is -0.299 e. The molecule has 0 aromatic carbocycles. The van der Waals surface area contributed by atoms with Crippen molar-refractivity contribution in [2.24, 2.45) is 34.5 Å². The Morgan fingerprint density at radius 2 is 1.70 bits per heavy atom. The van der Waals surface area contributed by atoms with Gasteiger partial charge in [-0.25, -0.2) is 8.78 Å². The third-order valence-corrected chi connectivity index (χ3v) is 8.22. The van der Waals surface area contributed by atoms with Crippen LogP contribution < -0.4 is 0 Å². The van der Waals surface area contributed by atoms with Crippen LogP contribution in [-0.4, -0.2) is 17.5 Å². The van der Waals surface area contributed by atoms with Crippen molar-refractivity contribution in [2.45, 2.75) is 71.1 Å². The van der Waals surface area contributed by atoms with E-state index in [0.29, 0.717) is 25.2 Å². The fraction of sp³-hybridized carbons (Fsp3) is 0.895. The summed E-state index contributed by atoms with van der Waals surface area (Å²) in [5.41, 5.74) is -0.920. The normalized spacial score (nSPS) is 51.8. The van der Waals surface area contributed by atoms with Crippen LogP contribution in [0.15, 0.2) is 0 Å². The lowest BCUT2D eigenvalue weighted by molar-refractivity contribution is -0.171. The van der Waals surface area contributed by atoms with Gasteiger partial charge in [-0.15, -0.1) is 0 Å². The number of halogens is 2. The maximum atomic E-state index is 13.9. The van der Waals surface area contributed by atoms with Crippen molar-refractivity contribution in [2.75, 3.05) is 0 Å². The number of alkyl halides is 2. The highest BCUT2D eigenvalue weighted by atomic mass is 19.3. The number of hydrogen-bond acceptors (Lipinski definition) is 2. The van der Waals surface area contributed by atoms with E-state index in [-0.39, 0.29) is 47.6 Å². The monoisotopic (exact) mass is 324 g/mol. The summed E-state index contributed by atoms with van der Waals surface area (Å²) in [6.45, 7) is 4.01. The van der Waals surface area contributed by atoms with Crippen LogP contribution in [0.3, 0.4) is 0 Å². The zero-order valence-corrected chi connectivity index (χ0v) is 14.0. The molecule has 128 valence electrons. The lowest BCUT2D eigenvalue weighted by atomic mass is 9.45. The van der Waals surface area contributed by atoms with Crippen molar-refractivity contribution in [1.82, 2.24) is 0 Å². The molecule has 4 aliphatic carbocycles. The van der Waals surface area contributed by atoms with Crippen LogP contribution in [0.25, 0.3) is 0 Å². The number of hydrogen-bond donors (Lipinski definition) is 0. The lowest BCUT2D eigenvalue weighted by Crippen LogP contribution is -2.57. The van der Waals surface area contributed by atoms with Gasteiger partial charge in [-0.3, -0.25) is 9.59 Å². The second-order valence-corrected chi connectivity index (χ2v) is 9.01. The number of carbonyl (C=O) groups excluding carboxylic acids is 2. The van der Waals surface area contributed by atoms with Crippen molar-refractivity contribution >= 4 is 11.6 Å². The summed E-state index contributed by atoms with van der Waals surface area (Å²) in [6.07, 6.45) is 4.00. The van der Waals surface area contributed by atoms with E-state index in [1.165, 1.54) is 0 Å². The van der Waals surface area contributed by atoms with Gasteiger partial charge in [-0.1, -0.05) is 6.92 Å². The van der Waals surface area contributed by atoms with E-state index in [0.717, 1.165) is 19.3 Å². The molecule has 0 aromatic rings. The van der Waals surface area contributed by atoms with Gasteiger partial charge in [-0.2, -0.15) is 0 Å². The van der Waals surface area contributed by atoms with E-state index in [1.807, 2.05) is 6.92 Å². The predicted molar refractivity (Wildman–Crippen MR) is 82.1 cm³/mol. The fourth-order valence-corrected chi connectivity index (χ4v) is 6.68. The molecular weight excluding hydrogens is 298 g/mol. The van der Waals surface area contributed by atoms with Gasteiger partial charge in [0.15, 0.2) is 0 Å². The number of carbonyl (C=O) groups is 2. The first-order chi connectivity index (χ1) is 10.7. The highest BCUT2D eigenvalue weighted by Crippen LogP contribution is 2.65. The zero-order valence-electron chi connectivity index (χ0n) is 14.0. The van der Waals surface area contributed by atoms with Crippen LogP contribution in [-0.2, 0) is 9.59 Å². The number of rotatable bonds is 0. The first kappa shape index (κ1) is 15.7. The Labute approximate surface area is 136 Å². The molecule has 4 heteroatoms. The van der Waals surface area contributed by atoms with E-state index < -0.39 is 11.3 Å². The molecule has 0 amide bonds. The summed E-state index contributed by atoms with van der Waals surface area (Å²) >= 11 is 0. The molecule has 4 aliphatic rings. The molecule has 0 N–H and O–H groups in total. The van der Waals surface area contributed by atoms with Gasteiger partial charge < -0.3 is 0 Å². The molecule has 0 spiro atoms. The summed E-state index contributed by atoms with van der Waals surface area (Å²) < 4.78 is 27.7. The summed E-state index contributed by atoms with van der Waals surface area (Å²) in [6, 6.07) is 0. The third kappa shape index (κ3) is 1.96. The summed E-state index contributed by atoms with van der Waals surface area (Å²) in [5.74, 6) is -1.57. The van der Waals surface area contributed by atoms with Crippen molar-refractivity contribution in [3.63, 3.8) is 0 Å². The molecule has 6 atom stereocenters. The summed E-state index contributed by atoms with van der Waals surface area (Å²) in [7, 11) is 0. The molecule has 4 saturated carbocycles. The van der Waals surface area contributed by atoms with Gasteiger partial charge in [0.2, 0.25) is 5.92 Å². The maximum Gasteiger partial charge on any atom is 0.248 e. The quantitative estimate of drug-likeness (QED) is 0.618. The molecule has 0 radical (unpaired) electrons. The molecule has 0 unspecified atom stereocenters. The summed E-state index contributed by atoms with van der Waals surface area (Å²) in [4.78, 5) is 25.2. The Bertz CT molecular complexity index is 572. The molecule has 4 rings (SSSR count). The van der Waals surface area contributed by atoms with Gasteiger partial charge in [0.1, 0.15) is 11.6 Å². The Kier molecular flexibility index (Phi) is 3.17. The summed E-state index contributed by atoms with van der Waals surface area (Å²) in [5, 5.41) is 0. The first-order valence-electron chi connectivity index (χ1n) is 9.13. The number of ketones is 2. The van der Waals surface area contributed by atoms with Crippen LogP contribution in [0.5, 0.6) is 0 Å². The predicted octanol–water partition coefficient (Wildman–Crippen LogP) is 4.41. The largest absolute Gasteiger partial charge is 0.299 e. The van der Waals surface area contributed by atoms with Gasteiger partial charge in [0.25, 0.3) is 0 Å².